The number of benzene rings is 2. The number of hydrogen-bond acceptors (Lipinski definition) is 4. The van der Waals surface area contributed by atoms with Crippen molar-refractivity contribution in [3.8, 4) is 23.8 Å². The lowest BCUT2D eigenvalue weighted by Gasteiger charge is -2.13. The first-order chi connectivity index (χ1) is 13.4. The van der Waals surface area contributed by atoms with Gasteiger partial charge in [-0.25, -0.2) is 5.43 Å². The van der Waals surface area contributed by atoms with Crippen LogP contribution in [0.2, 0.25) is 0 Å². The zero-order valence-electron chi connectivity index (χ0n) is 16.2. The maximum atomic E-state index is 12.2. The molecular weight excluding hydrogens is 467 g/mol. The molecule has 6 heteroatoms. The molecule has 0 radical (unpaired) electrons. The molecule has 2 rings (SSSR count). The molecule has 146 valence electrons. The summed E-state index contributed by atoms with van der Waals surface area (Å²) in [4.78, 5) is 12.2. The monoisotopic (exact) mass is 490 g/mol. The summed E-state index contributed by atoms with van der Waals surface area (Å²) < 4.78 is 12.1. The molecule has 5 nitrogen and oxygen atoms in total. The lowest BCUT2D eigenvalue weighted by atomic mass is 10.0. The molecule has 0 aromatic heterocycles. The number of carbonyl (C=O) groups is 1. The number of rotatable bonds is 8. The molecule has 1 amide bonds. The Kier molecular flexibility index (Phi) is 8.33. The number of amides is 1. The van der Waals surface area contributed by atoms with Gasteiger partial charge in [-0.3, -0.25) is 4.79 Å². The largest absolute Gasteiger partial charge is 0.490 e. The molecule has 0 aliphatic carbocycles. The summed E-state index contributed by atoms with van der Waals surface area (Å²) in [5, 5.41) is 4.06. The van der Waals surface area contributed by atoms with Crippen LogP contribution in [-0.2, 0) is 11.2 Å². The maximum Gasteiger partial charge on any atom is 0.244 e. The van der Waals surface area contributed by atoms with Crippen LogP contribution in [0.3, 0.4) is 0 Å². The van der Waals surface area contributed by atoms with Crippen LogP contribution in [0.15, 0.2) is 35.4 Å². The molecule has 28 heavy (non-hydrogen) atoms. The predicted octanol–water partition coefficient (Wildman–Crippen LogP) is 4.01. The maximum absolute atomic E-state index is 12.2. The van der Waals surface area contributed by atoms with Crippen molar-refractivity contribution in [2.24, 2.45) is 5.10 Å². The molecule has 0 unspecified atom stereocenters. The van der Waals surface area contributed by atoms with Gasteiger partial charge in [-0.2, -0.15) is 5.10 Å². The van der Waals surface area contributed by atoms with Crippen LogP contribution in [0, 0.1) is 29.8 Å². The Labute approximate surface area is 179 Å². The highest BCUT2D eigenvalue weighted by Gasteiger charge is 2.11. The van der Waals surface area contributed by atoms with Gasteiger partial charge in [-0.1, -0.05) is 29.7 Å². The van der Waals surface area contributed by atoms with Crippen molar-refractivity contribution < 1.29 is 14.3 Å². The summed E-state index contributed by atoms with van der Waals surface area (Å²) in [5.41, 5.74) is 6.61. The van der Waals surface area contributed by atoms with Crippen LogP contribution < -0.4 is 14.9 Å². The first-order valence-corrected chi connectivity index (χ1v) is 9.93. The minimum Gasteiger partial charge on any atom is -0.490 e. The van der Waals surface area contributed by atoms with E-state index in [-0.39, 0.29) is 18.9 Å². The zero-order chi connectivity index (χ0) is 20.5. The predicted molar refractivity (Wildman–Crippen MR) is 120 cm³/mol. The van der Waals surface area contributed by atoms with Gasteiger partial charge in [0.2, 0.25) is 5.91 Å². The summed E-state index contributed by atoms with van der Waals surface area (Å²) in [7, 11) is 0. The Morgan fingerprint density at radius 2 is 2.07 bits per heavy atom. The number of hydrogen-bond donors (Lipinski definition) is 1. The van der Waals surface area contributed by atoms with Gasteiger partial charge in [0.25, 0.3) is 0 Å². The number of nitrogens with one attached hydrogen (secondary N) is 1. The molecule has 0 spiro atoms. The summed E-state index contributed by atoms with van der Waals surface area (Å²) in [5.74, 6) is 3.47. The van der Waals surface area contributed by atoms with Crippen molar-refractivity contribution in [1.29, 1.82) is 0 Å². The van der Waals surface area contributed by atoms with Gasteiger partial charge in [0.15, 0.2) is 11.5 Å². The summed E-state index contributed by atoms with van der Waals surface area (Å²) in [6, 6.07) is 9.72. The summed E-state index contributed by atoms with van der Waals surface area (Å²) >= 11 is 2.15. The lowest BCUT2D eigenvalue weighted by molar-refractivity contribution is -0.120. The first-order valence-electron chi connectivity index (χ1n) is 8.85. The van der Waals surface area contributed by atoms with Gasteiger partial charge in [0, 0.05) is 0 Å². The SMILES string of the molecule is C#CCOc1c(I)cc(/C=N/NC(=O)Cc2ccc(C)cc2C)cc1OCC. The van der Waals surface area contributed by atoms with E-state index < -0.39 is 0 Å². The third kappa shape index (κ3) is 6.27. The van der Waals surface area contributed by atoms with Crippen LogP contribution >= 0.6 is 22.6 Å². The fourth-order valence-corrected chi connectivity index (χ4v) is 3.40. The lowest BCUT2D eigenvalue weighted by Crippen LogP contribution is -2.20. The minimum absolute atomic E-state index is 0.165. The van der Waals surface area contributed by atoms with Crippen molar-refractivity contribution in [2.75, 3.05) is 13.2 Å². The van der Waals surface area contributed by atoms with Crippen LogP contribution in [0.25, 0.3) is 0 Å². The summed E-state index contributed by atoms with van der Waals surface area (Å²) in [6.07, 6.45) is 7.13. The normalized spacial score (nSPS) is 10.5. The molecule has 0 saturated carbocycles. The van der Waals surface area contributed by atoms with E-state index in [9.17, 15) is 4.79 Å². The first kappa shape index (κ1) is 21.8. The van der Waals surface area contributed by atoms with E-state index in [2.05, 4.69) is 45.1 Å². The van der Waals surface area contributed by atoms with Gasteiger partial charge >= 0.3 is 0 Å². The quantitative estimate of drug-likeness (QED) is 0.263. The van der Waals surface area contributed by atoms with Gasteiger partial charge in [0.1, 0.15) is 6.61 Å². The van der Waals surface area contributed by atoms with Crippen molar-refractivity contribution in [2.45, 2.75) is 27.2 Å². The number of aryl methyl sites for hydroxylation is 2. The zero-order valence-corrected chi connectivity index (χ0v) is 18.4. The van der Waals surface area contributed by atoms with Crippen molar-refractivity contribution >= 4 is 34.7 Å². The highest BCUT2D eigenvalue weighted by atomic mass is 127. The molecule has 2 aromatic carbocycles. The van der Waals surface area contributed by atoms with E-state index in [1.54, 1.807) is 12.3 Å². The van der Waals surface area contributed by atoms with E-state index in [4.69, 9.17) is 15.9 Å². The fraction of sp³-hybridized carbons (Fsp3) is 0.273. The molecule has 2 aromatic rings. The Balaban J connectivity index is 2.06. The molecule has 0 aliphatic heterocycles. The highest BCUT2D eigenvalue weighted by Crippen LogP contribution is 2.33. The number of hydrazone groups is 1. The molecule has 0 atom stereocenters. The molecule has 0 saturated heterocycles. The smallest absolute Gasteiger partial charge is 0.244 e. The van der Waals surface area contributed by atoms with E-state index in [0.717, 1.165) is 20.3 Å². The van der Waals surface area contributed by atoms with Crippen molar-refractivity contribution in [3.63, 3.8) is 0 Å². The molecule has 0 fully saturated rings. The second kappa shape index (κ2) is 10.7. The van der Waals surface area contributed by atoms with Crippen LogP contribution in [0.4, 0.5) is 0 Å². The molecular formula is C22H23IN2O3. The van der Waals surface area contributed by atoms with E-state index >= 15 is 0 Å². The topological polar surface area (TPSA) is 59.9 Å². The van der Waals surface area contributed by atoms with Gasteiger partial charge in [-0.15, -0.1) is 6.42 Å². The minimum atomic E-state index is -0.170. The highest BCUT2D eigenvalue weighted by molar-refractivity contribution is 14.1. The number of ether oxygens (including phenoxy) is 2. The van der Waals surface area contributed by atoms with Gasteiger partial charge < -0.3 is 9.47 Å². The van der Waals surface area contributed by atoms with E-state index in [0.29, 0.717) is 18.1 Å². The third-order valence-electron chi connectivity index (χ3n) is 3.88. The summed E-state index contributed by atoms with van der Waals surface area (Å²) in [6.45, 7) is 6.58. The second-order valence-electron chi connectivity index (χ2n) is 6.16. The second-order valence-corrected chi connectivity index (χ2v) is 7.32. The third-order valence-corrected chi connectivity index (χ3v) is 4.68. The molecule has 0 aliphatic rings. The van der Waals surface area contributed by atoms with E-state index in [1.165, 1.54) is 5.56 Å². The number of halogens is 1. The number of terminal acetylenes is 1. The number of carbonyl (C=O) groups excluding carboxylic acids is 1. The van der Waals surface area contributed by atoms with Crippen LogP contribution in [0.1, 0.15) is 29.2 Å². The molecule has 0 bridgehead atoms. The van der Waals surface area contributed by atoms with Gasteiger partial charge in [0.05, 0.1) is 22.8 Å². The Hall–Kier alpha value is -2.53. The fourth-order valence-electron chi connectivity index (χ4n) is 2.61. The van der Waals surface area contributed by atoms with Gasteiger partial charge in [-0.05, 0) is 72.2 Å². The van der Waals surface area contributed by atoms with E-state index in [1.807, 2.05) is 39.0 Å². The van der Waals surface area contributed by atoms with Crippen molar-refractivity contribution in [3.05, 3.63) is 56.2 Å². The standard InChI is InChI=1S/C22H23IN2O3/c1-5-9-28-22-19(23)11-17(12-20(22)27-6-2)14-24-25-21(26)13-18-8-7-15(3)10-16(18)4/h1,7-8,10-12,14H,6,9,13H2,2-4H3,(H,25,26)/b24-14+. The Morgan fingerprint density at radius 1 is 1.29 bits per heavy atom. The number of nitrogens with zero attached hydrogens (tertiary/aromatic N) is 1. The Morgan fingerprint density at radius 3 is 2.75 bits per heavy atom. The average molecular weight is 490 g/mol. The average Bonchev–Trinajstić information content (AvgIpc) is 2.64. The van der Waals surface area contributed by atoms with Crippen molar-refractivity contribution in [1.82, 2.24) is 5.43 Å². The van der Waals surface area contributed by atoms with Crippen LogP contribution in [0.5, 0.6) is 11.5 Å². The molecule has 1 N–H and O–H groups in total. The molecule has 0 heterocycles. The van der Waals surface area contributed by atoms with Crippen LogP contribution in [-0.4, -0.2) is 25.3 Å². The Bertz CT molecular complexity index is 917.